The Morgan fingerprint density at radius 1 is 1.13 bits per heavy atom. The molecule has 1 aromatic carbocycles. The quantitative estimate of drug-likeness (QED) is 0.337. The van der Waals surface area contributed by atoms with E-state index < -0.39 is 29.6 Å². The molecule has 0 aromatic heterocycles. The zero-order valence-electron chi connectivity index (χ0n) is 21.3. The first kappa shape index (κ1) is 25.0. The number of carbonyl (C=O) groups excluding carboxylic acids is 4. The first-order valence-corrected chi connectivity index (χ1v) is 13.1. The van der Waals surface area contributed by atoms with Gasteiger partial charge in [0.1, 0.15) is 11.5 Å². The van der Waals surface area contributed by atoms with Crippen molar-refractivity contribution < 1.29 is 38.9 Å². The van der Waals surface area contributed by atoms with E-state index in [0.29, 0.717) is 35.3 Å². The van der Waals surface area contributed by atoms with Crippen molar-refractivity contribution >= 4 is 29.4 Å². The Hall–Kier alpha value is -4.27. The van der Waals surface area contributed by atoms with Crippen LogP contribution in [-0.2, 0) is 30.4 Å². The maximum Gasteiger partial charge on any atom is 0.303 e. The zero-order valence-corrected chi connectivity index (χ0v) is 21.3. The molecule has 0 radical (unpaired) electrons. The fraction of sp³-hybridized carbons (Fsp3) is 0.367. The standard InChI is InChI=1S/C30H27NO8/c1-14-9-22(33)21-12-20-18(5-6-19-26(20)30(38)31(29(19)37)8-2-3-24(34)35)25(27(21)28(14)36)16-10-15-11-17(32)4-7-23(15)39-13-16/h4-5,7,9,11,13,19-20,25-26,32H,2-3,6,8,10,12H2,1H3,(H,34,35)/t19-,20+,25-,26-/m0/s1. The number of ketones is 2. The van der Waals surface area contributed by atoms with Gasteiger partial charge in [0.15, 0.2) is 11.6 Å². The summed E-state index contributed by atoms with van der Waals surface area (Å²) in [5, 5.41) is 19.0. The third-order valence-electron chi connectivity index (χ3n) is 8.58. The Morgan fingerprint density at radius 3 is 2.69 bits per heavy atom. The van der Waals surface area contributed by atoms with E-state index in [1.165, 1.54) is 17.0 Å². The molecule has 1 aromatic rings. The van der Waals surface area contributed by atoms with Gasteiger partial charge in [-0.05, 0) is 62.0 Å². The van der Waals surface area contributed by atoms with E-state index in [1.807, 2.05) is 6.08 Å². The molecule has 2 N–H and O–H groups in total. The monoisotopic (exact) mass is 529 g/mol. The summed E-state index contributed by atoms with van der Waals surface area (Å²) < 4.78 is 5.89. The first-order valence-electron chi connectivity index (χ1n) is 13.1. The van der Waals surface area contributed by atoms with E-state index in [2.05, 4.69) is 0 Å². The molecule has 9 heteroatoms. The van der Waals surface area contributed by atoms with Gasteiger partial charge in [-0.1, -0.05) is 11.6 Å². The first-order chi connectivity index (χ1) is 18.7. The van der Waals surface area contributed by atoms with Crippen molar-refractivity contribution in [1.82, 2.24) is 4.90 Å². The summed E-state index contributed by atoms with van der Waals surface area (Å²) >= 11 is 0. The fourth-order valence-corrected chi connectivity index (χ4v) is 6.84. The number of Topliss-reactive ketones (excluding diaryl/α,β-unsaturated/α-hetero) is 1. The molecule has 5 aliphatic rings. The van der Waals surface area contributed by atoms with Gasteiger partial charge in [-0.3, -0.25) is 28.9 Å². The van der Waals surface area contributed by atoms with E-state index in [9.17, 15) is 29.1 Å². The maximum atomic E-state index is 13.6. The van der Waals surface area contributed by atoms with Crippen LogP contribution < -0.4 is 4.74 Å². The number of ether oxygens (including phenoxy) is 1. The molecule has 0 unspecified atom stereocenters. The second kappa shape index (κ2) is 9.18. The molecular weight excluding hydrogens is 502 g/mol. The minimum absolute atomic E-state index is 0.0367. The highest BCUT2D eigenvalue weighted by Crippen LogP contribution is 2.54. The number of aromatic hydroxyl groups is 1. The molecule has 4 atom stereocenters. The molecule has 0 saturated carbocycles. The Kier molecular flexibility index (Phi) is 5.89. The zero-order chi connectivity index (χ0) is 27.6. The predicted octanol–water partition coefficient (Wildman–Crippen LogP) is 3.04. The van der Waals surface area contributed by atoms with Gasteiger partial charge in [0.05, 0.1) is 18.1 Å². The number of aliphatic carboxylic acids is 1. The van der Waals surface area contributed by atoms with Crippen LogP contribution in [0.15, 0.2) is 64.5 Å². The minimum atomic E-state index is -0.994. The van der Waals surface area contributed by atoms with Crippen molar-refractivity contribution in [2.45, 2.75) is 39.0 Å². The van der Waals surface area contributed by atoms with Gasteiger partial charge in [-0.2, -0.15) is 0 Å². The molecule has 9 nitrogen and oxygen atoms in total. The van der Waals surface area contributed by atoms with Crippen LogP contribution in [0.5, 0.6) is 11.5 Å². The molecule has 6 rings (SSSR count). The number of rotatable bonds is 5. The summed E-state index contributed by atoms with van der Waals surface area (Å²) in [5.41, 5.74) is 3.42. The normalized spacial score (nSPS) is 27.6. The predicted molar refractivity (Wildman–Crippen MR) is 136 cm³/mol. The van der Waals surface area contributed by atoms with Crippen LogP contribution in [0.1, 0.15) is 38.2 Å². The summed E-state index contributed by atoms with van der Waals surface area (Å²) in [7, 11) is 0. The van der Waals surface area contributed by atoms with Crippen molar-refractivity contribution in [1.29, 1.82) is 0 Å². The smallest absolute Gasteiger partial charge is 0.303 e. The topological polar surface area (TPSA) is 138 Å². The Labute approximate surface area is 224 Å². The lowest BCUT2D eigenvalue weighted by molar-refractivity contribution is -0.142. The van der Waals surface area contributed by atoms with Gasteiger partial charge in [-0.25, -0.2) is 0 Å². The number of hydrogen-bond donors (Lipinski definition) is 2. The number of phenolic OH excluding ortho intramolecular Hbond substituents is 1. The van der Waals surface area contributed by atoms with E-state index in [1.54, 1.807) is 25.3 Å². The lowest BCUT2D eigenvalue weighted by Gasteiger charge is -2.43. The molecule has 2 heterocycles. The maximum absolute atomic E-state index is 13.6. The SMILES string of the molecule is CC1=CC(=O)C2=C(C1=O)[C@@H](C1=COc3ccc(O)cc3C1)C1=CC[C@@H]3C(=O)N(CCCC(=O)O)C(=O)[C@@H]3[C@@H]1C2. The molecule has 0 spiro atoms. The highest BCUT2D eigenvalue weighted by Gasteiger charge is 2.56. The number of likely N-dealkylation sites (tertiary alicyclic amines) is 1. The number of allylic oxidation sites excluding steroid dienone is 7. The molecule has 2 aliphatic heterocycles. The summed E-state index contributed by atoms with van der Waals surface area (Å²) in [6.07, 6.45) is 5.77. The minimum Gasteiger partial charge on any atom is -0.508 e. The van der Waals surface area contributed by atoms with Crippen molar-refractivity contribution in [2.75, 3.05) is 6.54 Å². The largest absolute Gasteiger partial charge is 0.508 e. The van der Waals surface area contributed by atoms with Crippen molar-refractivity contribution in [3.63, 3.8) is 0 Å². The highest BCUT2D eigenvalue weighted by atomic mass is 16.5. The number of amides is 2. The number of hydrogen-bond acceptors (Lipinski definition) is 7. The van der Waals surface area contributed by atoms with Crippen molar-refractivity contribution in [2.24, 2.45) is 23.7 Å². The second-order valence-electron chi connectivity index (χ2n) is 10.8. The second-order valence-corrected chi connectivity index (χ2v) is 10.8. The molecule has 2 amide bonds. The number of imide groups is 1. The number of carbonyl (C=O) groups is 5. The van der Waals surface area contributed by atoms with Gasteiger partial charge < -0.3 is 14.9 Å². The van der Waals surface area contributed by atoms with Gasteiger partial charge in [0.25, 0.3) is 0 Å². The summed E-state index contributed by atoms with van der Waals surface area (Å²) in [4.78, 5) is 65.7. The van der Waals surface area contributed by atoms with E-state index >= 15 is 0 Å². The molecular formula is C30H27NO8. The number of carboxylic acids is 1. The molecule has 39 heavy (non-hydrogen) atoms. The van der Waals surface area contributed by atoms with Gasteiger partial charge >= 0.3 is 5.97 Å². The number of fused-ring (bicyclic) bond motifs is 4. The summed E-state index contributed by atoms with van der Waals surface area (Å²) in [6.45, 7) is 1.65. The van der Waals surface area contributed by atoms with Gasteiger partial charge in [0, 0.05) is 47.6 Å². The summed E-state index contributed by atoms with van der Waals surface area (Å²) in [6, 6.07) is 4.80. The number of phenols is 1. The Morgan fingerprint density at radius 2 is 1.92 bits per heavy atom. The third kappa shape index (κ3) is 3.95. The lowest BCUT2D eigenvalue weighted by atomic mass is 9.58. The third-order valence-corrected chi connectivity index (χ3v) is 8.58. The van der Waals surface area contributed by atoms with Crippen LogP contribution in [0.3, 0.4) is 0 Å². The van der Waals surface area contributed by atoms with Gasteiger partial charge in [0.2, 0.25) is 11.8 Å². The Bertz CT molecular complexity index is 1490. The van der Waals surface area contributed by atoms with E-state index in [-0.39, 0.29) is 54.9 Å². The molecule has 1 fully saturated rings. The van der Waals surface area contributed by atoms with Crippen LogP contribution in [0.4, 0.5) is 0 Å². The number of carboxylic acid groups (broad SMARTS) is 1. The highest BCUT2D eigenvalue weighted by molar-refractivity contribution is 6.23. The molecule has 0 bridgehead atoms. The van der Waals surface area contributed by atoms with E-state index in [4.69, 9.17) is 9.84 Å². The number of nitrogens with zero attached hydrogens (tertiary/aromatic N) is 1. The molecule has 1 saturated heterocycles. The van der Waals surface area contributed by atoms with Crippen molar-refractivity contribution in [3.05, 3.63) is 70.0 Å². The van der Waals surface area contributed by atoms with Crippen LogP contribution in [0.2, 0.25) is 0 Å². The van der Waals surface area contributed by atoms with Crippen molar-refractivity contribution in [3.8, 4) is 11.5 Å². The van der Waals surface area contributed by atoms with Crippen LogP contribution in [-0.4, -0.2) is 51.0 Å². The number of benzene rings is 1. The van der Waals surface area contributed by atoms with E-state index in [0.717, 1.165) is 16.7 Å². The average molecular weight is 530 g/mol. The average Bonchev–Trinajstić information content (AvgIpc) is 3.15. The summed E-state index contributed by atoms with van der Waals surface area (Å²) in [5.74, 6) is -3.79. The molecule has 200 valence electrons. The lowest BCUT2D eigenvalue weighted by Crippen LogP contribution is -2.41. The van der Waals surface area contributed by atoms with Crippen LogP contribution in [0.25, 0.3) is 0 Å². The Balaban J connectivity index is 1.40. The molecule has 3 aliphatic carbocycles. The van der Waals surface area contributed by atoms with Crippen LogP contribution >= 0.6 is 0 Å². The van der Waals surface area contributed by atoms with Crippen LogP contribution in [0, 0.1) is 23.7 Å². The van der Waals surface area contributed by atoms with Gasteiger partial charge in [-0.15, -0.1) is 0 Å². The fourth-order valence-electron chi connectivity index (χ4n) is 6.84.